The van der Waals surface area contributed by atoms with Crippen LogP contribution in [0.4, 0.5) is 10.3 Å². The lowest BCUT2D eigenvalue weighted by Crippen LogP contribution is -1.87. The molecule has 2 N–H and O–H groups in total. The van der Waals surface area contributed by atoms with Crippen molar-refractivity contribution < 1.29 is 4.39 Å². The molecule has 72 valence electrons. The molecule has 2 rings (SSSR count). The molecule has 0 spiro atoms. The molecule has 0 atom stereocenters. The molecular formula is C8H5BrFN3S. The van der Waals surface area contributed by atoms with Gasteiger partial charge in [0.15, 0.2) is 0 Å². The fraction of sp³-hybridized carbons (Fsp3) is 0. The van der Waals surface area contributed by atoms with Gasteiger partial charge in [0, 0.05) is 10.0 Å². The molecule has 0 aliphatic rings. The first kappa shape index (κ1) is 9.54. The van der Waals surface area contributed by atoms with Gasteiger partial charge in [-0.1, -0.05) is 15.9 Å². The molecule has 1 aromatic heterocycles. The molecule has 0 aliphatic carbocycles. The Morgan fingerprint density at radius 3 is 2.79 bits per heavy atom. The zero-order chi connectivity index (χ0) is 10.1. The van der Waals surface area contributed by atoms with E-state index in [1.54, 1.807) is 12.1 Å². The zero-order valence-electron chi connectivity index (χ0n) is 6.87. The summed E-state index contributed by atoms with van der Waals surface area (Å²) in [7, 11) is 0. The number of nitrogen functional groups attached to an aromatic ring is 1. The maximum Gasteiger partial charge on any atom is 0.232 e. The number of hydrogen-bond acceptors (Lipinski definition) is 4. The molecule has 0 saturated heterocycles. The molecule has 0 unspecified atom stereocenters. The first-order valence-corrected chi connectivity index (χ1v) is 5.28. The van der Waals surface area contributed by atoms with Crippen molar-refractivity contribution in [3.8, 4) is 10.6 Å². The van der Waals surface area contributed by atoms with Gasteiger partial charge >= 0.3 is 0 Å². The third-order valence-electron chi connectivity index (χ3n) is 1.60. The molecule has 0 radical (unpaired) electrons. The van der Waals surface area contributed by atoms with Crippen molar-refractivity contribution in [3.63, 3.8) is 0 Å². The third kappa shape index (κ3) is 1.76. The Kier molecular flexibility index (Phi) is 2.47. The lowest BCUT2D eigenvalue weighted by atomic mass is 10.2. The highest BCUT2D eigenvalue weighted by atomic mass is 79.9. The topological polar surface area (TPSA) is 51.8 Å². The van der Waals surface area contributed by atoms with Crippen LogP contribution < -0.4 is 5.73 Å². The molecular weight excluding hydrogens is 269 g/mol. The fourth-order valence-electron chi connectivity index (χ4n) is 1.01. The Labute approximate surface area is 92.1 Å². The maximum atomic E-state index is 13.4. The van der Waals surface area contributed by atoms with Gasteiger partial charge in [0.1, 0.15) is 10.8 Å². The van der Waals surface area contributed by atoms with Crippen LogP contribution in [0.1, 0.15) is 0 Å². The van der Waals surface area contributed by atoms with Crippen molar-refractivity contribution in [2.75, 3.05) is 5.73 Å². The number of aromatic nitrogens is 2. The van der Waals surface area contributed by atoms with Gasteiger partial charge in [-0.3, -0.25) is 0 Å². The predicted octanol–water partition coefficient (Wildman–Crippen LogP) is 2.69. The van der Waals surface area contributed by atoms with Gasteiger partial charge in [0.25, 0.3) is 0 Å². The number of nitrogens with two attached hydrogens (primary N) is 1. The van der Waals surface area contributed by atoms with E-state index in [4.69, 9.17) is 5.73 Å². The summed E-state index contributed by atoms with van der Waals surface area (Å²) in [5, 5.41) is 0.493. The number of benzene rings is 1. The normalized spacial score (nSPS) is 10.4. The average molecular weight is 274 g/mol. The maximum absolute atomic E-state index is 13.4. The van der Waals surface area contributed by atoms with E-state index in [1.165, 1.54) is 6.07 Å². The summed E-state index contributed by atoms with van der Waals surface area (Å²) in [6.07, 6.45) is 0. The summed E-state index contributed by atoms with van der Waals surface area (Å²) in [5.41, 5.74) is 5.77. The average Bonchev–Trinajstić information content (AvgIpc) is 2.51. The predicted molar refractivity (Wildman–Crippen MR) is 57.4 cm³/mol. The lowest BCUT2D eigenvalue weighted by Gasteiger charge is -1.97. The van der Waals surface area contributed by atoms with Crippen molar-refractivity contribution in [2.24, 2.45) is 0 Å². The molecule has 0 saturated carbocycles. The Balaban J connectivity index is 2.52. The molecule has 0 amide bonds. The Morgan fingerprint density at radius 1 is 1.43 bits per heavy atom. The zero-order valence-corrected chi connectivity index (χ0v) is 9.27. The molecule has 2 aromatic rings. The van der Waals surface area contributed by atoms with Gasteiger partial charge in [-0.15, -0.1) is 0 Å². The highest BCUT2D eigenvalue weighted by Crippen LogP contribution is 2.27. The minimum absolute atomic E-state index is 0.173. The van der Waals surface area contributed by atoms with Gasteiger partial charge in [0.05, 0.1) is 0 Å². The van der Waals surface area contributed by atoms with Crippen LogP contribution >= 0.6 is 27.5 Å². The number of halogens is 2. The van der Waals surface area contributed by atoms with Gasteiger partial charge in [-0.2, -0.15) is 9.36 Å². The second kappa shape index (κ2) is 3.62. The van der Waals surface area contributed by atoms with E-state index in [0.29, 0.717) is 15.0 Å². The van der Waals surface area contributed by atoms with E-state index < -0.39 is 0 Å². The Hall–Kier alpha value is -1.01. The van der Waals surface area contributed by atoms with Crippen LogP contribution in [-0.2, 0) is 0 Å². The van der Waals surface area contributed by atoms with E-state index in [0.717, 1.165) is 11.5 Å². The van der Waals surface area contributed by atoms with Crippen molar-refractivity contribution in [2.45, 2.75) is 0 Å². The first-order valence-electron chi connectivity index (χ1n) is 3.71. The number of rotatable bonds is 1. The second-order valence-corrected chi connectivity index (χ2v) is 4.25. The smallest absolute Gasteiger partial charge is 0.232 e. The van der Waals surface area contributed by atoms with E-state index >= 15 is 0 Å². The van der Waals surface area contributed by atoms with Crippen molar-refractivity contribution in [1.82, 2.24) is 9.36 Å². The van der Waals surface area contributed by atoms with E-state index in [2.05, 4.69) is 25.3 Å². The van der Waals surface area contributed by atoms with Crippen LogP contribution in [0.2, 0.25) is 0 Å². The summed E-state index contributed by atoms with van der Waals surface area (Å²) in [6.45, 7) is 0. The summed E-state index contributed by atoms with van der Waals surface area (Å²) < 4.78 is 17.9. The molecule has 0 bridgehead atoms. The van der Waals surface area contributed by atoms with Gasteiger partial charge < -0.3 is 5.73 Å². The second-order valence-electron chi connectivity index (χ2n) is 2.58. The van der Waals surface area contributed by atoms with Crippen LogP contribution in [0.5, 0.6) is 0 Å². The van der Waals surface area contributed by atoms with Crippen LogP contribution in [0, 0.1) is 5.82 Å². The molecule has 1 aromatic carbocycles. The van der Waals surface area contributed by atoms with Crippen LogP contribution in [-0.4, -0.2) is 9.36 Å². The minimum atomic E-state index is -0.337. The highest BCUT2D eigenvalue weighted by molar-refractivity contribution is 9.10. The summed E-state index contributed by atoms with van der Waals surface area (Å²) in [5.74, 6) is -0.164. The van der Waals surface area contributed by atoms with Gasteiger partial charge in [-0.05, 0) is 29.7 Å². The Bertz CT molecular complexity index is 471. The standard InChI is InChI=1S/C8H5BrFN3S/c9-4-1-2-5(6(10)3-4)7-12-8(11)13-14-7/h1-3H,(H2,11,13). The monoisotopic (exact) mass is 273 g/mol. The first-order chi connectivity index (χ1) is 6.66. The molecule has 0 aliphatic heterocycles. The SMILES string of the molecule is Nc1nsc(-c2ccc(Br)cc2F)n1. The van der Waals surface area contributed by atoms with Gasteiger partial charge in [0.2, 0.25) is 5.95 Å². The van der Waals surface area contributed by atoms with E-state index in [-0.39, 0.29) is 11.8 Å². The van der Waals surface area contributed by atoms with Gasteiger partial charge in [-0.25, -0.2) is 4.39 Å². The minimum Gasteiger partial charge on any atom is -0.367 e. The molecule has 6 heteroatoms. The summed E-state index contributed by atoms with van der Waals surface area (Å²) in [4.78, 5) is 3.90. The quantitative estimate of drug-likeness (QED) is 0.869. The van der Waals surface area contributed by atoms with Crippen molar-refractivity contribution in [1.29, 1.82) is 0 Å². The Morgan fingerprint density at radius 2 is 2.21 bits per heavy atom. The van der Waals surface area contributed by atoms with Crippen LogP contribution in [0.25, 0.3) is 10.6 Å². The highest BCUT2D eigenvalue weighted by Gasteiger charge is 2.09. The number of anilines is 1. The molecule has 3 nitrogen and oxygen atoms in total. The number of hydrogen-bond donors (Lipinski definition) is 1. The van der Waals surface area contributed by atoms with Crippen molar-refractivity contribution in [3.05, 3.63) is 28.5 Å². The van der Waals surface area contributed by atoms with E-state index in [1.807, 2.05) is 0 Å². The summed E-state index contributed by atoms with van der Waals surface area (Å²) >= 11 is 4.26. The fourth-order valence-corrected chi connectivity index (χ4v) is 1.96. The van der Waals surface area contributed by atoms with Crippen LogP contribution in [0.3, 0.4) is 0 Å². The molecule has 0 fully saturated rings. The van der Waals surface area contributed by atoms with E-state index in [9.17, 15) is 4.39 Å². The summed E-state index contributed by atoms with van der Waals surface area (Å²) in [6, 6.07) is 4.77. The number of nitrogens with zero attached hydrogens (tertiary/aromatic N) is 2. The van der Waals surface area contributed by atoms with Crippen molar-refractivity contribution >= 4 is 33.4 Å². The third-order valence-corrected chi connectivity index (χ3v) is 2.86. The largest absolute Gasteiger partial charge is 0.367 e. The molecule has 1 heterocycles. The van der Waals surface area contributed by atoms with Crippen LogP contribution in [0.15, 0.2) is 22.7 Å². The lowest BCUT2D eigenvalue weighted by molar-refractivity contribution is 0.630. The molecule has 14 heavy (non-hydrogen) atoms.